The molecule has 1 aromatic rings. The Hall–Kier alpha value is -0.900. The molecule has 19 heavy (non-hydrogen) atoms. The minimum Gasteiger partial charge on any atom is -0.396 e. The van der Waals surface area contributed by atoms with E-state index >= 15 is 0 Å². The average molecular weight is 262 g/mol. The Labute approximate surface area is 116 Å². The number of hydrogen-bond donors (Lipinski definition) is 2. The SMILES string of the molecule is OCCCCCNC1CCN(Cc2ccccc2)C1. The number of nitrogens with zero attached hydrogens (tertiary/aromatic N) is 1. The van der Waals surface area contributed by atoms with Crippen LogP contribution in [0.5, 0.6) is 0 Å². The van der Waals surface area contributed by atoms with Crippen molar-refractivity contribution in [2.24, 2.45) is 0 Å². The van der Waals surface area contributed by atoms with E-state index in [2.05, 4.69) is 40.5 Å². The van der Waals surface area contributed by atoms with E-state index in [1.54, 1.807) is 0 Å². The van der Waals surface area contributed by atoms with Crippen LogP contribution in [0.4, 0.5) is 0 Å². The second-order valence-corrected chi connectivity index (χ2v) is 5.44. The summed E-state index contributed by atoms with van der Waals surface area (Å²) in [7, 11) is 0. The number of aliphatic hydroxyl groups is 1. The van der Waals surface area contributed by atoms with Crippen molar-refractivity contribution < 1.29 is 5.11 Å². The van der Waals surface area contributed by atoms with Crippen LogP contribution in [0.3, 0.4) is 0 Å². The fourth-order valence-electron chi connectivity index (χ4n) is 2.70. The molecule has 0 radical (unpaired) electrons. The van der Waals surface area contributed by atoms with Gasteiger partial charge in [-0.15, -0.1) is 0 Å². The first-order valence-electron chi connectivity index (χ1n) is 7.49. The van der Waals surface area contributed by atoms with Gasteiger partial charge >= 0.3 is 0 Å². The van der Waals surface area contributed by atoms with E-state index in [-0.39, 0.29) is 0 Å². The Balaban J connectivity index is 1.60. The summed E-state index contributed by atoms with van der Waals surface area (Å²) in [5.41, 5.74) is 1.41. The zero-order valence-corrected chi connectivity index (χ0v) is 11.7. The highest BCUT2D eigenvalue weighted by molar-refractivity contribution is 5.14. The summed E-state index contributed by atoms with van der Waals surface area (Å²) in [6.07, 6.45) is 4.50. The van der Waals surface area contributed by atoms with Gasteiger partial charge in [-0.25, -0.2) is 0 Å². The molecular weight excluding hydrogens is 236 g/mol. The highest BCUT2D eigenvalue weighted by Crippen LogP contribution is 2.13. The third-order valence-electron chi connectivity index (χ3n) is 3.79. The van der Waals surface area contributed by atoms with E-state index in [1.807, 2.05) is 0 Å². The number of nitrogens with one attached hydrogen (secondary N) is 1. The van der Waals surface area contributed by atoms with Crippen LogP contribution in [0.25, 0.3) is 0 Å². The van der Waals surface area contributed by atoms with Gasteiger partial charge in [0.1, 0.15) is 0 Å². The molecule has 0 spiro atoms. The standard InChI is InChI=1S/C16H26N2O/c19-12-6-2-5-10-17-16-9-11-18(14-16)13-15-7-3-1-4-8-15/h1,3-4,7-8,16-17,19H,2,5-6,9-14H2. The molecule has 0 aromatic heterocycles. The van der Waals surface area contributed by atoms with Gasteiger partial charge in [-0.1, -0.05) is 30.3 Å². The molecule has 106 valence electrons. The maximum Gasteiger partial charge on any atom is 0.0431 e. The number of unbranched alkanes of at least 4 members (excludes halogenated alkanes) is 2. The second-order valence-electron chi connectivity index (χ2n) is 5.44. The minimum atomic E-state index is 0.328. The van der Waals surface area contributed by atoms with Crippen LogP contribution in [-0.4, -0.2) is 42.3 Å². The highest BCUT2D eigenvalue weighted by atomic mass is 16.2. The van der Waals surface area contributed by atoms with Gasteiger partial charge < -0.3 is 10.4 Å². The quantitative estimate of drug-likeness (QED) is 0.704. The van der Waals surface area contributed by atoms with Crippen molar-refractivity contribution >= 4 is 0 Å². The number of rotatable bonds is 8. The summed E-state index contributed by atoms with van der Waals surface area (Å²) in [6, 6.07) is 11.4. The lowest BCUT2D eigenvalue weighted by Gasteiger charge is -2.16. The monoisotopic (exact) mass is 262 g/mol. The third-order valence-corrected chi connectivity index (χ3v) is 3.79. The first-order valence-corrected chi connectivity index (χ1v) is 7.49. The first kappa shape index (κ1) is 14.5. The van der Waals surface area contributed by atoms with Crippen molar-refractivity contribution in [3.8, 4) is 0 Å². The number of benzene rings is 1. The molecule has 1 aliphatic rings. The van der Waals surface area contributed by atoms with Crippen LogP contribution < -0.4 is 5.32 Å². The highest BCUT2D eigenvalue weighted by Gasteiger charge is 2.21. The van der Waals surface area contributed by atoms with Crippen molar-refractivity contribution in [2.75, 3.05) is 26.2 Å². The van der Waals surface area contributed by atoms with Crippen LogP contribution in [0.15, 0.2) is 30.3 Å². The average Bonchev–Trinajstić information content (AvgIpc) is 2.87. The molecule has 2 rings (SSSR count). The van der Waals surface area contributed by atoms with E-state index in [9.17, 15) is 0 Å². The van der Waals surface area contributed by atoms with Crippen LogP contribution in [-0.2, 0) is 6.54 Å². The number of aliphatic hydroxyl groups excluding tert-OH is 1. The fraction of sp³-hybridized carbons (Fsp3) is 0.625. The molecule has 0 saturated carbocycles. The molecule has 1 atom stereocenters. The molecular formula is C16H26N2O. The summed E-state index contributed by atoms with van der Waals surface area (Å²) in [5.74, 6) is 0. The summed E-state index contributed by atoms with van der Waals surface area (Å²) < 4.78 is 0. The summed E-state index contributed by atoms with van der Waals surface area (Å²) in [5, 5.41) is 12.4. The molecule has 0 amide bonds. The second kappa shape index (κ2) is 8.31. The van der Waals surface area contributed by atoms with E-state index in [0.29, 0.717) is 12.6 Å². The van der Waals surface area contributed by atoms with Gasteiger partial charge in [0.25, 0.3) is 0 Å². The van der Waals surface area contributed by atoms with Crippen molar-refractivity contribution in [3.63, 3.8) is 0 Å². The Morgan fingerprint density at radius 2 is 2.00 bits per heavy atom. The minimum absolute atomic E-state index is 0.328. The Bertz CT molecular complexity index is 342. The first-order chi connectivity index (χ1) is 9.38. The van der Waals surface area contributed by atoms with Crippen molar-refractivity contribution in [3.05, 3.63) is 35.9 Å². The van der Waals surface area contributed by atoms with Gasteiger partial charge in [-0.05, 0) is 37.8 Å². The molecule has 1 aromatic carbocycles. The molecule has 1 aliphatic heterocycles. The van der Waals surface area contributed by atoms with Gasteiger partial charge in [0, 0.05) is 32.3 Å². The summed E-state index contributed by atoms with van der Waals surface area (Å²) in [6.45, 7) is 4.85. The maximum absolute atomic E-state index is 8.72. The van der Waals surface area contributed by atoms with E-state index in [0.717, 1.165) is 32.5 Å². The van der Waals surface area contributed by atoms with Crippen LogP contribution in [0.1, 0.15) is 31.2 Å². The topological polar surface area (TPSA) is 35.5 Å². The Kier molecular flexibility index (Phi) is 6.34. The predicted molar refractivity (Wildman–Crippen MR) is 79.1 cm³/mol. The van der Waals surface area contributed by atoms with Crippen LogP contribution in [0.2, 0.25) is 0 Å². The fourth-order valence-corrected chi connectivity index (χ4v) is 2.70. The lowest BCUT2D eigenvalue weighted by molar-refractivity contribution is 0.282. The molecule has 1 fully saturated rings. The summed E-state index contributed by atoms with van der Waals surface area (Å²) >= 11 is 0. The van der Waals surface area contributed by atoms with E-state index in [1.165, 1.54) is 24.9 Å². The third kappa shape index (κ3) is 5.31. The van der Waals surface area contributed by atoms with E-state index in [4.69, 9.17) is 5.11 Å². The zero-order chi connectivity index (χ0) is 13.3. The Morgan fingerprint density at radius 1 is 1.16 bits per heavy atom. The summed E-state index contributed by atoms with van der Waals surface area (Å²) in [4.78, 5) is 2.53. The zero-order valence-electron chi connectivity index (χ0n) is 11.7. The molecule has 3 heteroatoms. The Morgan fingerprint density at radius 3 is 2.79 bits per heavy atom. The van der Waals surface area contributed by atoms with Gasteiger partial charge in [0.15, 0.2) is 0 Å². The normalized spacial score (nSPS) is 19.9. The largest absolute Gasteiger partial charge is 0.396 e. The number of likely N-dealkylation sites (tertiary alicyclic amines) is 1. The van der Waals surface area contributed by atoms with Gasteiger partial charge in [-0.2, -0.15) is 0 Å². The maximum atomic E-state index is 8.72. The van der Waals surface area contributed by atoms with Gasteiger partial charge in [0.2, 0.25) is 0 Å². The van der Waals surface area contributed by atoms with E-state index < -0.39 is 0 Å². The molecule has 0 aliphatic carbocycles. The number of hydrogen-bond acceptors (Lipinski definition) is 3. The molecule has 0 bridgehead atoms. The van der Waals surface area contributed by atoms with Crippen molar-refractivity contribution in [2.45, 2.75) is 38.3 Å². The lowest BCUT2D eigenvalue weighted by atomic mass is 10.2. The molecule has 1 heterocycles. The lowest BCUT2D eigenvalue weighted by Crippen LogP contribution is -2.33. The van der Waals surface area contributed by atoms with Crippen molar-refractivity contribution in [1.29, 1.82) is 0 Å². The van der Waals surface area contributed by atoms with Crippen LogP contribution in [0, 0.1) is 0 Å². The van der Waals surface area contributed by atoms with Crippen LogP contribution >= 0.6 is 0 Å². The van der Waals surface area contributed by atoms with Crippen molar-refractivity contribution in [1.82, 2.24) is 10.2 Å². The molecule has 1 saturated heterocycles. The van der Waals surface area contributed by atoms with Gasteiger partial charge in [-0.3, -0.25) is 4.90 Å². The molecule has 2 N–H and O–H groups in total. The van der Waals surface area contributed by atoms with Gasteiger partial charge in [0.05, 0.1) is 0 Å². The predicted octanol–water partition coefficient (Wildman–Crippen LogP) is 2.01. The molecule has 1 unspecified atom stereocenters. The smallest absolute Gasteiger partial charge is 0.0431 e. The molecule has 3 nitrogen and oxygen atoms in total.